The molecule has 1 aliphatic carbocycles. The van der Waals surface area contributed by atoms with Gasteiger partial charge in [-0.05, 0) is 31.7 Å². The standard InChI is InChI=1S/C13H21N3O/c1-2-14-13-15-8-7-12(16-13)10-17-9-11-5-3-4-6-11/h7-8,11H,2-6,9-10H2,1H3,(H,14,15,16). The van der Waals surface area contributed by atoms with Crippen LogP contribution in [0.25, 0.3) is 0 Å². The van der Waals surface area contributed by atoms with Gasteiger partial charge in [0.2, 0.25) is 5.95 Å². The summed E-state index contributed by atoms with van der Waals surface area (Å²) in [4.78, 5) is 8.52. The fraction of sp³-hybridized carbons (Fsp3) is 0.692. The third-order valence-corrected chi connectivity index (χ3v) is 3.13. The topological polar surface area (TPSA) is 47.0 Å². The predicted molar refractivity (Wildman–Crippen MR) is 67.8 cm³/mol. The minimum absolute atomic E-state index is 0.595. The highest BCUT2D eigenvalue weighted by atomic mass is 16.5. The van der Waals surface area contributed by atoms with E-state index in [9.17, 15) is 0 Å². The number of ether oxygens (including phenoxy) is 1. The van der Waals surface area contributed by atoms with Crippen molar-refractivity contribution in [2.24, 2.45) is 5.92 Å². The van der Waals surface area contributed by atoms with E-state index < -0.39 is 0 Å². The number of aromatic nitrogens is 2. The van der Waals surface area contributed by atoms with Crippen LogP contribution in [0, 0.1) is 5.92 Å². The van der Waals surface area contributed by atoms with Gasteiger partial charge in [0.1, 0.15) is 0 Å². The van der Waals surface area contributed by atoms with Crippen molar-refractivity contribution in [1.82, 2.24) is 9.97 Å². The predicted octanol–water partition coefficient (Wildman–Crippen LogP) is 2.62. The first-order valence-electron chi connectivity index (χ1n) is 6.52. The molecule has 0 amide bonds. The zero-order valence-electron chi connectivity index (χ0n) is 10.5. The summed E-state index contributed by atoms with van der Waals surface area (Å²) in [7, 11) is 0. The van der Waals surface area contributed by atoms with E-state index in [0.29, 0.717) is 12.6 Å². The van der Waals surface area contributed by atoms with Crippen LogP contribution in [0.1, 0.15) is 38.3 Å². The van der Waals surface area contributed by atoms with Crippen LogP contribution in [0.4, 0.5) is 5.95 Å². The van der Waals surface area contributed by atoms with Gasteiger partial charge in [0, 0.05) is 19.3 Å². The Bertz CT molecular complexity index is 337. The number of rotatable bonds is 6. The lowest BCUT2D eigenvalue weighted by atomic mass is 10.1. The Morgan fingerprint density at radius 3 is 3.00 bits per heavy atom. The number of nitrogens with one attached hydrogen (secondary N) is 1. The third-order valence-electron chi connectivity index (χ3n) is 3.13. The van der Waals surface area contributed by atoms with Crippen LogP contribution in [-0.2, 0) is 11.3 Å². The maximum atomic E-state index is 5.72. The Kier molecular flexibility index (Phi) is 4.74. The molecule has 4 heteroatoms. The van der Waals surface area contributed by atoms with Crippen LogP contribution in [0.3, 0.4) is 0 Å². The van der Waals surface area contributed by atoms with Gasteiger partial charge in [0.25, 0.3) is 0 Å². The number of hydrogen-bond donors (Lipinski definition) is 1. The molecule has 0 atom stereocenters. The van der Waals surface area contributed by atoms with E-state index in [0.717, 1.165) is 24.8 Å². The number of nitrogens with zero attached hydrogens (tertiary/aromatic N) is 2. The van der Waals surface area contributed by atoms with Gasteiger partial charge < -0.3 is 10.1 Å². The van der Waals surface area contributed by atoms with Crippen LogP contribution in [-0.4, -0.2) is 23.1 Å². The second-order valence-corrected chi connectivity index (χ2v) is 4.57. The van der Waals surface area contributed by atoms with Gasteiger partial charge in [-0.1, -0.05) is 12.8 Å². The van der Waals surface area contributed by atoms with Crippen molar-refractivity contribution in [3.05, 3.63) is 18.0 Å². The minimum atomic E-state index is 0.595. The summed E-state index contributed by atoms with van der Waals surface area (Å²) in [6.45, 7) is 4.34. The summed E-state index contributed by atoms with van der Waals surface area (Å²) in [5, 5.41) is 3.10. The maximum absolute atomic E-state index is 5.72. The molecule has 0 saturated heterocycles. The van der Waals surface area contributed by atoms with Gasteiger partial charge in [0.15, 0.2) is 0 Å². The average molecular weight is 235 g/mol. The summed E-state index contributed by atoms with van der Waals surface area (Å²) in [5.41, 5.74) is 0.953. The summed E-state index contributed by atoms with van der Waals surface area (Å²) < 4.78 is 5.72. The smallest absolute Gasteiger partial charge is 0.222 e. The van der Waals surface area contributed by atoms with Crippen LogP contribution < -0.4 is 5.32 Å². The van der Waals surface area contributed by atoms with Crippen LogP contribution >= 0.6 is 0 Å². The summed E-state index contributed by atoms with van der Waals surface area (Å²) in [6.07, 6.45) is 7.16. The Hall–Kier alpha value is -1.16. The molecule has 0 bridgehead atoms. The van der Waals surface area contributed by atoms with Gasteiger partial charge in [-0.2, -0.15) is 0 Å². The molecule has 17 heavy (non-hydrogen) atoms. The molecule has 2 rings (SSSR count). The van der Waals surface area contributed by atoms with Crippen molar-refractivity contribution in [3.63, 3.8) is 0 Å². The second-order valence-electron chi connectivity index (χ2n) is 4.57. The molecule has 1 heterocycles. The number of anilines is 1. The first-order valence-corrected chi connectivity index (χ1v) is 6.52. The fourth-order valence-corrected chi connectivity index (χ4v) is 2.23. The van der Waals surface area contributed by atoms with Crippen LogP contribution in [0.15, 0.2) is 12.3 Å². The van der Waals surface area contributed by atoms with Crippen molar-refractivity contribution in [3.8, 4) is 0 Å². The molecule has 4 nitrogen and oxygen atoms in total. The maximum Gasteiger partial charge on any atom is 0.222 e. The summed E-state index contributed by atoms with van der Waals surface area (Å²) >= 11 is 0. The van der Waals surface area contributed by atoms with Gasteiger partial charge >= 0.3 is 0 Å². The van der Waals surface area contributed by atoms with Crippen molar-refractivity contribution in [2.75, 3.05) is 18.5 Å². The molecule has 1 N–H and O–H groups in total. The highest BCUT2D eigenvalue weighted by Gasteiger charge is 2.14. The third kappa shape index (κ3) is 3.97. The lowest BCUT2D eigenvalue weighted by Crippen LogP contribution is -2.08. The molecule has 0 aliphatic heterocycles. The van der Waals surface area contributed by atoms with E-state index in [4.69, 9.17) is 4.74 Å². The van der Waals surface area contributed by atoms with Crippen LogP contribution in [0.5, 0.6) is 0 Å². The Morgan fingerprint density at radius 2 is 2.24 bits per heavy atom. The molecule has 0 radical (unpaired) electrons. The highest BCUT2D eigenvalue weighted by molar-refractivity contribution is 5.24. The molecular formula is C13H21N3O. The summed E-state index contributed by atoms with van der Waals surface area (Å²) in [5.74, 6) is 1.46. The Morgan fingerprint density at radius 1 is 1.41 bits per heavy atom. The minimum Gasteiger partial charge on any atom is -0.375 e. The monoisotopic (exact) mass is 235 g/mol. The molecule has 1 aromatic rings. The molecule has 94 valence electrons. The zero-order chi connectivity index (χ0) is 11.9. The van der Waals surface area contributed by atoms with Gasteiger partial charge in [0.05, 0.1) is 12.3 Å². The molecular weight excluding hydrogens is 214 g/mol. The number of hydrogen-bond acceptors (Lipinski definition) is 4. The van der Waals surface area contributed by atoms with E-state index in [2.05, 4.69) is 15.3 Å². The van der Waals surface area contributed by atoms with E-state index in [1.54, 1.807) is 6.20 Å². The highest BCUT2D eigenvalue weighted by Crippen LogP contribution is 2.24. The first-order chi connectivity index (χ1) is 8.38. The van der Waals surface area contributed by atoms with Gasteiger partial charge in [-0.25, -0.2) is 9.97 Å². The van der Waals surface area contributed by atoms with Crippen molar-refractivity contribution >= 4 is 5.95 Å². The van der Waals surface area contributed by atoms with Crippen molar-refractivity contribution in [1.29, 1.82) is 0 Å². The van der Waals surface area contributed by atoms with E-state index in [-0.39, 0.29) is 0 Å². The average Bonchev–Trinajstić information content (AvgIpc) is 2.83. The zero-order valence-corrected chi connectivity index (χ0v) is 10.5. The first kappa shape index (κ1) is 12.3. The molecule has 1 saturated carbocycles. The van der Waals surface area contributed by atoms with Gasteiger partial charge in [-0.15, -0.1) is 0 Å². The normalized spacial score (nSPS) is 16.3. The Labute approximate surface area is 103 Å². The second kappa shape index (κ2) is 6.55. The lowest BCUT2D eigenvalue weighted by molar-refractivity contribution is 0.0867. The molecule has 0 unspecified atom stereocenters. The molecule has 1 aromatic heterocycles. The molecule has 0 spiro atoms. The van der Waals surface area contributed by atoms with Crippen molar-refractivity contribution < 1.29 is 4.74 Å². The quantitative estimate of drug-likeness (QED) is 0.823. The molecule has 0 aromatic carbocycles. The van der Waals surface area contributed by atoms with Crippen molar-refractivity contribution in [2.45, 2.75) is 39.2 Å². The lowest BCUT2D eigenvalue weighted by Gasteiger charge is -2.09. The van der Waals surface area contributed by atoms with E-state index >= 15 is 0 Å². The molecule has 1 fully saturated rings. The fourth-order valence-electron chi connectivity index (χ4n) is 2.23. The summed E-state index contributed by atoms with van der Waals surface area (Å²) in [6, 6.07) is 1.91. The largest absolute Gasteiger partial charge is 0.375 e. The van der Waals surface area contributed by atoms with E-state index in [1.165, 1.54) is 25.7 Å². The van der Waals surface area contributed by atoms with Gasteiger partial charge in [-0.3, -0.25) is 0 Å². The molecule has 1 aliphatic rings. The van der Waals surface area contributed by atoms with E-state index in [1.807, 2.05) is 13.0 Å². The SMILES string of the molecule is CCNc1nccc(COCC2CCCC2)n1. The van der Waals surface area contributed by atoms with Crippen LogP contribution in [0.2, 0.25) is 0 Å². The Balaban J connectivity index is 1.75.